The lowest BCUT2D eigenvalue weighted by Gasteiger charge is -2.22. The number of hydrogen-bond acceptors (Lipinski definition) is 4. The Labute approximate surface area is 180 Å². The number of aromatic nitrogens is 2. The van der Waals surface area contributed by atoms with Gasteiger partial charge in [-0.3, -0.25) is 0 Å². The minimum atomic E-state index is -0.811. The largest absolute Gasteiger partial charge is 0.459 e. The van der Waals surface area contributed by atoms with Crippen molar-refractivity contribution in [1.82, 2.24) is 9.55 Å². The summed E-state index contributed by atoms with van der Waals surface area (Å²) in [6.45, 7) is 0. The van der Waals surface area contributed by atoms with E-state index in [0.717, 1.165) is 36.9 Å². The van der Waals surface area contributed by atoms with E-state index in [4.69, 9.17) is 4.74 Å². The van der Waals surface area contributed by atoms with E-state index in [1.165, 1.54) is 12.5 Å². The van der Waals surface area contributed by atoms with Gasteiger partial charge in [0.05, 0.1) is 35.9 Å². The lowest BCUT2D eigenvalue weighted by atomic mass is 9.95. The first kappa shape index (κ1) is 19.9. The van der Waals surface area contributed by atoms with Crippen LogP contribution in [-0.2, 0) is 4.74 Å². The number of aliphatic hydroxyl groups is 1. The molecule has 160 valence electrons. The molecule has 2 aromatic carbocycles. The maximum absolute atomic E-state index is 14.6. The van der Waals surface area contributed by atoms with Crippen molar-refractivity contribution in [3.63, 3.8) is 0 Å². The van der Waals surface area contributed by atoms with Gasteiger partial charge in [-0.05, 0) is 49.4 Å². The summed E-state index contributed by atoms with van der Waals surface area (Å²) in [5, 5.41) is 10.9. The zero-order valence-electron chi connectivity index (χ0n) is 17.2. The summed E-state index contributed by atoms with van der Waals surface area (Å²) in [7, 11) is 0. The molecule has 1 aliphatic carbocycles. The van der Waals surface area contributed by atoms with Crippen LogP contribution in [0.2, 0.25) is 0 Å². The predicted molar refractivity (Wildman–Crippen MR) is 114 cm³/mol. The van der Waals surface area contributed by atoms with Crippen LogP contribution in [0.1, 0.15) is 72.2 Å². The van der Waals surface area contributed by atoms with Crippen molar-refractivity contribution in [3.05, 3.63) is 77.5 Å². The van der Waals surface area contributed by atoms with Gasteiger partial charge in [0, 0.05) is 17.5 Å². The van der Waals surface area contributed by atoms with Crippen molar-refractivity contribution in [1.29, 1.82) is 0 Å². The average molecular weight is 420 g/mol. The lowest BCUT2D eigenvalue weighted by Crippen LogP contribution is -2.20. The van der Waals surface area contributed by atoms with Gasteiger partial charge in [-0.15, -0.1) is 0 Å². The Bertz CT molecular complexity index is 1090. The van der Waals surface area contributed by atoms with E-state index in [9.17, 15) is 14.3 Å². The van der Waals surface area contributed by atoms with Gasteiger partial charge >= 0.3 is 5.97 Å². The monoisotopic (exact) mass is 420 g/mol. The van der Waals surface area contributed by atoms with Gasteiger partial charge in [-0.1, -0.05) is 30.7 Å². The summed E-state index contributed by atoms with van der Waals surface area (Å²) in [5.41, 5.74) is 3.42. The van der Waals surface area contributed by atoms with E-state index >= 15 is 0 Å². The maximum Gasteiger partial charge on any atom is 0.338 e. The molecule has 0 bridgehead atoms. The summed E-state index contributed by atoms with van der Waals surface area (Å²) >= 11 is 0. The molecule has 5 rings (SSSR count). The van der Waals surface area contributed by atoms with Gasteiger partial charge in [0.2, 0.25) is 0 Å². The molecule has 2 aliphatic rings. The van der Waals surface area contributed by atoms with E-state index in [1.807, 2.05) is 10.6 Å². The molecule has 0 saturated heterocycles. The second-order valence-electron chi connectivity index (χ2n) is 8.44. The van der Waals surface area contributed by atoms with Crippen LogP contribution in [0.15, 0.2) is 55.0 Å². The SMILES string of the molecule is O=C(OC1CCCCC1)c1ccc([C@H](O)C[C@H]2c3c(F)cccc3-c3cncn32)cc1. The third kappa shape index (κ3) is 3.76. The van der Waals surface area contributed by atoms with Crippen LogP contribution in [0.4, 0.5) is 4.39 Å². The van der Waals surface area contributed by atoms with Crippen LogP contribution in [0.5, 0.6) is 0 Å². The number of nitrogens with zero attached hydrogens (tertiary/aromatic N) is 2. The molecule has 1 saturated carbocycles. The van der Waals surface area contributed by atoms with E-state index in [-0.39, 0.29) is 23.9 Å². The number of rotatable bonds is 5. The van der Waals surface area contributed by atoms with Crippen LogP contribution in [-0.4, -0.2) is 26.7 Å². The second-order valence-corrected chi connectivity index (χ2v) is 8.44. The molecule has 31 heavy (non-hydrogen) atoms. The van der Waals surface area contributed by atoms with E-state index < -0.39 is 6.10 Å². The molecule has 0 radical (unpaired) electrons. The summed E-state index contributed by atoms with van der Waals surface area (Å²) in [6, 6.07) is 11.6. The minimum absolute atomic E-state index is 0.00761. The van der Waals surface area contributed by atoms with Crippen LogP contribution in [0, 0.1) is 5.82 Å². The third-order valence-electron chi connectivity index (χ3n) is 6.47. The number of hydrogen-bond donors (Lipinski definition) is 1. The average Bonchev–Trinajstić information content (AvgIpc) is 3.38. The maximum atomic E-state index is 14.6. The summed E-state index contributed by atoms with van der Waals surface area (Å²) in [6.07, 6.45) is 8.17. The normalized spacial score (nSPS) is 19.0. The molecule has 5 nitrogen and oxygen atoms in total. The molecule has 2 heterocycles. The van der Waals surface area contributed by atoms with Gasteiger partial charge in [-0.2, -0.15) is 0 Å². The smallest absolute Gasteiger partial charge is 0.338 e. The second kappa shape index (κ2) is 8.27. The number of halogens is 1. The number of ether oxygens (including phenoxy) is 1. The van der Waals surface area contributed by atoms with Crippen LogP contribution in [0.3, 0.4) is 0 Å². The highest BCUT2D eigenvalue weighted by Crippen LogP contribution is 2.44. The van der Waals surface area contributed by atoms with Crippen LogP contribution in [0.25, 0.3) is 11.3 Å². The highest BCUT2D eigenvalue weighted by atomic mass is 19.1. The molecule has 1 aromatic heterocycles. The van der Waals surface area contributed by atoms with Crippen molar-refractivity contribution < 1.29 is 19.0 Å². The van der Waals surface area contributed by atoms with Crippen molar-refractivity contribution in [2.45, 2.75) is 56.8 Å². The number of aliphatic hydroxyl groups excluding tert-OH is 1. The number of esters is 1. The van der Waals surface area contributed by atoms with Crippen molar-refractivity contribution in [2.75, 3.05) is 0 Å². The molecular formula is C25H25FN2O3. The summed E-state index contributed by atoms with van der Waals surface area (Å²) in [5.74, 6) is -0.595. The molecule has 0 unspecified atom stereocenters. The predicted octanol–water partition coefficient (Wildman–Crippen LogP) is 5.21. The Morgan fingerprint density at radius 3 is 2.71 bits per heavy atom. The zero-order valence-corrected chi connectivity index (χ0v) is 17.2. The molecule has 1 N–H and O–H groups in total. The Balaban J connectivity index is 1.30. The Hall–Kier alpha value is -2.99. The fourth-order valence-corrected chi connectivity index (χ4v) is 4.82. The number of carbonyl (C=O) groups excluding carboxylic acids is 1. The van der Waals surface area contributed by atoms with Crippen molar-refractivity contribution >= 4 is 5.97 Å². The number of fused-ring (bicyclic) bond motifs is 3. The van der Waals surface area contributed by atoms with Gasteiger partial charge in [0.15, 0.2) is 0 Å². The summed E-state index contributed by atoms with van der Waals surface area (Å²) in [4.78, 5) is 16.6. The summed E-state index contributed by atoms with van der Waals surface area (Å²) < 4.78 is 22.1. The molecule has 0 spiro atoms. The topological polar surface area (TPSA) is 64.3 Å². The van der Waals surface area contributed by atoms with Gasteiger partial charge in [0.1, 0.15) is 11.9 Å². The lowest BCUT2D eigenvalue weighted by molar-refractivity contribution is 0.0211. The molecule has 1 fully saturated rings. The zero-order chi connectivity index (χ0) is 21.4. The fourth-order valence-electron chi connectivity index (χ4n) is 4.82. The minimum Gasteiger partial charge on any atom is -0.459 e. The van der Waals surface area contributed by atoms with Crippen LogP contribution >= 0.6 is 0 Å². The fraction of sp³-hybridized carbons (Fsp3) is 0.360. The third-order valence-corrected chi connectivity index (χ3v) is 6.47. The van der Waals surface area contributed by atoms with E-state index in [2.05, 4.69) is 4.98 Å². The first-order valence-corrected chi connectivity index (χ1v) is 10.9. The molecule has 0 amide bonds. The van der Waals surface area contributed by atoms with Crippen molar-refractivity contribution in [2.24, 2.45) is 0 Å². The highest BCUT2D eigenvalue weighted by molar-refractivity contribution is 5.89. The Morgan fingerprint density at radius 2 is 1.94 bits per heavy atom. The standard InChI is InChI=1S/C25H25FN2O3/c26-20-8-4-7-19-22-14-27-15-28(22)21(24(19)20)13-23(29)16-9-11-17(12-10-16)25(30)31-18-5-2-1-3-6-18/h4,7-12,14-15,18,21,23,29H,1-3,5-6,13H2/t21-,23+/m0/s1. The van der Waals surface area contributed by atoms with E-state index in [0.29, 0.717) is 23.1 Å². The van der Waals surface area contributed by atoms with Gasteiger partial charge < -0.3 is 14.4 Å². The Kier molecular flexibility index (Phi) is 5.32. The molecule has 1 aliphatic heterocycles. The number of imidazole rings is 1. The quantitative estimate of drug-likeness (QED) is 0.576. The van der Waals surface area contributed by atoms with Crippen LogP contribution < -0.4 is 0 Å². The van der Waals surface area contributed by atoms with Gasteiger partial charge in [0.25, 0.3) is 0 Å². The van der Waals surface area contributed by atoms with Gasteiger partial charge in [-0.25, -0.2) is 14.2 Å². The van der Waals surface area contributed by atoms with Crippen molar-refractivity contribution in [3.8, 4) is 11.3 Å². The first-order valence-electron chi connectivity index (χ1n) is 10.9. The molecule has 6 heteroatoms. The first-order chi connectivity index (χ1) is 15.1. The molecule has 2 atom stereocenters. The van der Waals surface area contributed by atoms with E-state index in [1.54, 1.807) is 42.9 Å². The Morgan fingerprint density at radius 1 is 1.16 bits per heavy atom. The molecular weight excluding hydrogens is 395 g/mol. The number of carbonyl (C=O) groups is 1. The highest BCUT2D eigenvalue weighted by Gasteiger charge is 2.33. The molecule has 3 aromatic rings. The number of benzene rings is 2.